The Hall–Kier alpha value is -0.0400. The monoisotopic (exact) mass is 168 g/mol. The van der Waals surface area contributed by atoms with E-state index in [0.717, 1.165) is 31.1 Å². The summed E-state index contributed by atoms with van der Waals surface area (Å²) in [6.07, 6.45) is 8.50. The Morgan fingerprint density at radius 3 is 2.42 bits per heavy atom. The van der Waals surface area contributed by atoms with Gasteiger partial charge in [-0.1, -0.05) is 19.8 Å². The van der Waals surface area contributed by atoms with Crippen LogP contribution in [0.25, 0.3) is 0 Å². The second-order valence-electron chi connectivity index (χ2n) is 4.95. The van der Waals surface area contributed by atoms with E-state index in [0.29, 0.717) is 0 Å². The molecule has 0 spiro atoms. The molecule has 12 heavy (non-hydrogen) atoms. The highest BCUT2D eigenvalue weighted by atomic mass is 16.3. The van der Waals surface area contributed by atoms with Crippen molar-refractivity contribution in [3.05, 3.63) is 0 Å². The van der Waals surface area contributed by atoms with Crippen LogP contribution in [0.4, 0.5) is 0 Å². The van der Waals surface area contributed by atoms with Crippen LogP contribution < -0.4 is 0 Å². The predicted octanol–water partition coefficient (Wildman–Crippen LogP) is 2.73. The quantitative estimate of drug-likeness (QED) is 0.687. The van der Waals surface area contributed by atoms with Crippen LogP contribution in [0.1, 0.15) is 51.9 Å². The van der Waals surface area contributed by atoms with Gasteiger partial charge >= 0.3 is 0 Å². The maximum absolute atomic E-state index is 10.1. The lowest BCUT2D eigenvalue weighted by atomic mass is 9.87. The molecule has 0 bridgehead atoms. The molecule has 70 valence electrons. The van der Waals surface area contributed by atoms with E-state index in [1.807, 2.05) is 0 Å². The molecule has 1 N–H and O–H groups in total. The van der Waals surface area contributed by atoms with E-state index in [4.69, 9.17) is 0 Å². The molecule has 0 aliphatic heterocycles. The van der Waals surface area contributed by atoms with Crippen LogP contribution in [0.3, 0.4) is 0 Å². The molecule has 2 fully saturated rings. The summed E-state index contributed by atoms with van der Waals surface area (Å²) in [5.41, 5.74) is -0.262. The van der Waals surface area contributed by atoms with Gasteiger partial charge in [-0.25, -0.2) is 0 Å². The molecule has 2 aliphatic rings. The Labute approximate surface area is 75.2 Å². The lowest BCUT2D eigenvalue weighted by Crippen LogP contribution is -2.27. The van der Waals surface area contributed by atoms with Crippen LogP contribution in [0, 0.1) is 11.8 Å². The summed E-state index contributed by atoms with van der Waals surface area (Å²) in [4.78, 5) is 0. The molecule has 1 unspecified atom stereocenters. The first-order valence-corrected chi connectivity index (χ1v) is 5.42. The maximum Gasteiger partial charge on any atom is 0.0650 e. The topological polar surface area (TPSA) is 20.2 Å². The Kier molecular flexibility index (Phi) is 2.16. The SMILES string of the molecule is CC(CC1(O)CCCC1)C1CC1. The zero-order chi connectivity index (χ0) is 8.60. The molecule has 0 aromatic carbocycles. The summed E-state index contributed by atoms with van der Waals surface area (Å²) in [5, 5.41) is 10.1. The summed E-state index contributed by atoms with van der Waals surface area (Å²) in [7, 11) is 0. The predicted molar refractivity (Wildman–Crippen MR) is 49.9 cm³/mol. The molecule has 0 saturated heterocycles. The van der Waals surface area contributed by atoms with E-state index in [9.17, 15) is 5.11 Å². The lowest BCUT2D eigenvalue weighted by molar-refractivity contribution is 0.0215. The molecular formula is C11H20O. The lowest BCUT2D eigenvalue weighted by Gasteiger charge is -2.25. The third kappa shape index (κ3) is 1.82. The number of hydrogen-bond acceptors (Lipinski definition) is 1. The van der Waals surface area contributed by atoms with Crippen LogP contribution in [0.15, 0.2) is 0 Å². The van der Waals surface area contributed by atoms with E-state index in [1.165, 1.54) is 25.7 Å². The first-order chi connectivity index (χ1) is 5.70. The van der Waals surface area contributed by atoms with Crippen molar-refractivity contribution in [1.82, 2.24) is 0 Å². The molecule has 2 aliphatic carbocycles. The van der Waals surface area contributed by atoms with E-state index in [2.05, 4.69) is 6.92 Å². The molecular weight excluding hydrogens is 148 g/mol. The molecule has 2 rings (SSSR count). The zero-order valence-electron chi connectivity index (χ0n) is 8.05. The summed E-state index contributed by atoms with van der Waals surface area (Å²) >= 11 is 0. The van der Waals surface area contributed by atoms with Crippen LogP contribution >= 0.6 is 0 Å². The van der Waals surface area contributed by atoms with E-state index < -0.39 is 0 Å². The molecule has 0 heterocycles. The van der Waals surface area contributed by atoms with Crippen molar-refractivity contribution in [2.24, 2.45) is 11.8 Å². The summed E-state index contributed by atoms with van der Waals surface area (Å²) in [6.45, 7) is 2.31. The molecule has 2 saturated carbocycles. The Bertz CT molecular complexity index is 154. The normalized spacial score (nSPS) is 30.5. The fourth-order valence-corrected chi connectivity index (χ4v) is 2.67. The van der Waals surface area contributed by atoms with Gasteiger partial charge in [0.15, 0.2) is 0 Å². The Morgan fingerprint density at radius 1 is 1.33 bits per heavy atom. The van der Waals surface area contributed by atoms with Gasteiger partial charge in [0.05, 0.1) is 5.60 Å². The highest BCUT2D eigenvalue weighted by Crippen LogP contribution is 2.43. The van der Waals surface area contributed by atoms with Gasteiger partial charge < -0.3 is 5.11 Å². The third-order valence-electron chi connectivity index (χ3n) is 3.66. The highest BCUT2D eigenvalue weighted by Gasteiger charge is 2.37. The third-order valence-corrected chi connectivity index (χ3v) is 3.66. The smallest absolute Gasteiger partial charge is 0.0650 e. The van der Waals surface area contributed by atoms with Crippen LogP contribution in [0.5, 0.6) is 0 Å². The standard InChI is InChI=1S/C11H20O/c1-9(10-4-5-10)8-11(12)6-2-3-7-11/h9-10,12H,2-8H2,1H3. The van der Waals surface area contributed by atoms with Crippen LogP contribution in [0.2, 0.25) is 0 Å². The molecule has 1 atom stereocenters. The number of aliphatic hydroxyl groups is 1. The summed E-state index contributed by atoms with van der Waals surface area (Å²) in [6, 6.07) is 0. The fraction of sp³-hybridized carbons (Fsp3) is 1.00. The molecule has 0 radical (unpaired) electrons. The second-order valence-corrected chi connectivity index (χ2v) is 4.95. The van der Waals surface area contributed by atoms with Crippen molar-refractivity contribution in [2.45, 2.75) is 57.5 Å². The van der Waals surface area contributed by atoms with E-state index >= 15 is 0 Å². The molecule has 0 aromatic rings. The number of hydrogen-bond donors (Lipinski definition) is 1. The van der Waals surface area contributed by atoms with Gasteiger partial charge in [0.25, 0.3) is 0 Å². The van der Waals surface area contributed by atoms with Gasteiger partial charge in [-0.3, -0.25) is 0 Å². The van der Waals surface area contributed by atoms with Crippen molar-refractivity contribution in [2.75, 3.05) is 0 Å². The average molecular weight is 168 g/mol. The fourth-order valence-electron chi connectivity index (χ4n) is 2.67. The van der Waals surface area contributed by atoms with Crippen LogP contribution in [-0.4, -0.2) is 10.7 Å². The Balaban J connectivity index is 1.83. The van der Waals surface area contributed by atoms with Crippen molar-refractivity contribution < 1.29 is 5.11 Å². The first kappa shape index (κ1) is 8.55. The maximum atomic E-state index is 10.1. The second kappa shape index (κ2) is 3.02. The largest absolute Gasteiger partial charge is 0.390 e. The van der Waals surface area contributed by atoms with Gasteiger partial charge in [-0.2, -0.15) is 0 Å². The number of rotatable bonds is 3. The molecule has 1 nitrogen and oxygen atoms in total. The van der Waals surface area contributed by atoms with Gasteiger partial charge in [-0.15, -0.1) is 0 Å². The minimum absolute atomic E-state index is 0.262. The minimum atomic E-state index is -0.262. The van der Waals surface area contributed by atoms with Crippen molar-refractivity contribution in [3.8, 4) is 0 Å². The van der Waals surface area contributed by atoms with Crippen molar-refractivity contribution >= 4 is 0 Å². The van der Waals surface area contributed by atoms with E-state index in [-0.39, 0.29) is 5.60 Å². The van der Waals surface area contributed by atoms with Crippen molar-refractivity contribution in [3.63, 3.8) is 0 Å². The first-order valence-electron chi connectivity index (χ1n) is 5.42. The Morgan fingerprint density at radius 2 is 1.92 bits per heavy atom. The average Bonchev–Trinajstić information content (AvgIpc) is 2.77. The molecule has 0 amide bonds. The molecule has 0 aromatic heterocycles. The molecule has 1 heteroatoms. The van der Waals surface area contributed by atoms with Gasteiger partial charge in [-0.05, 0) is 43.9 Å². The van der Waals surface area contributed by atoms with Gasteiger partial charge in [0.2, 0.25) is 0 Å². The van der Waals surface area contributed by atoms with Gasteiger partial charge in [0.1, 0.15) is 0 Å². The van der Waals surface area contributed by atoms with Gasteiger partial charge in [0, 0.05) is 0 Å². The minimum Gasteiger partial charge on any atom is -0.390 e. The highest BCUT2D eigenvalue weighted by molar-refractivity contribution is 4.89. The van der Waals surface area contributed by atoms with Crippen LogP contribution in [-0.2, 0) is 0 Å². The summed E-state index contributed by atoms with van der Waals surface area (Å²) < 4.78 is 0. The van der Waals surface area contributed by atoms with Crippen molar-refractivity contribution in [1.29, 1.82) is 0 Å². The zero-order valence-corrected chi connectivity index (χ0v) is 8.05. The summed E-state index contributed by atoms with van der Waals surface area (Å²) in [5.74, 6) is 1.72. The van der Waals surface area contributed by atoms with E-state index in [1.54, 1.807) is 0 Å².